The van der Waals surface area contributed by atoms with Crippen LogP contribution in [0.25, 0.3) is 11.1 Å². The average molecular weight is 191 g/mol. The maximum absolute atomic E-state index is 13.3. The van der Waals surface area contributed by atoms with Crippen molar-refractivity contribution in [1.82, 2.24) is 15.4 Å². The second-order valence-electron chi connectivity index (χ2n) is 2.70. The number of benzene rings is 1. The van der Waals surface area contributed by atoms with Crippen LogP contribution in [0.1, 0.15) is 0 Å². The van der Waals surface area contributed by atoms with E-state index >= 15 is 0 Å². The molecule has 0 saturated carbocycles. The van der Waals surface area contributed by atoms with Crippen LogP contribution in [0.2, 0.25) is 0 Å². The second-order valence-corrected chi connectivity index (χ2v) is 2.70. The van der Waals surface area contributed by atoms with Crippen LogP contribution in [-0.4, -0.2) is 20.5 Å². The monoisotopic (exact) mass is 191 g/mol. The number of halogens is 1. The zero-order chi connectivity index (χ0) is 9.97. The summed E-state index contributed by atoms with van der Waals surface area (Å²) >= 11 is 0. The Morgan fingerprint density at radius 1 is 1.14 bits per heavy atom. The van der Waals surface area contributed by atoms with Gasteiger partial charge in [0.15, 0.2) is 0 Å². The lowest BCUT2D eigenvalue weighted by atomic mass is 10.1. The van der Waals surface area contributed by atoms with Gasteiger partial charge in [0.05, 0.1) is 12.4 Å². The van der Waals surface area contributed by atoms with Crippen LogP contribution in [0.4, 0.5) is 4.39 Å². The highest BCUT2D eigenvalue weighted by Gasteiger charge is 2.06. The van der Waals surface area contributed by atoms with Gasteiger partial charge in [0, 0.05) is 11.1 Å². The van der Waals surface area contributed by atoms with Crippen molar-refractivity contribution in [2.75, 3.05) is 0 Å². The predicted molar refractivity (Wildman–Crippen MR) is 46.9 cm³/mol. The average Bonchev–Trinajstić information content (AvgIpc) is 2.23. The van der Waals surface area contributed by atoms with Crippen LogP contribution in [0.5, 0.6) is 5.75 Å². The molecule has 0 aliphatic rings. The first-order chi connectivity index (χ1) is 6.77. The molecule has 0 bridgehead atoms. The molecule has 2 rings (SSSR count). The molecule has 4 nitrogen and oxygen atoms in total. The number of hydrogen-bond donors (Lipinski definition) is 1. The smallest absolute Gasteiger partial charge is 0.131 e. The van der Waals surface area contributed by atoms with Gasteiger partial charge in [-0.2, -0.15) is 0 Å². The Bertz CT molecular complexity index is 447. The lowest BCUT2D eigenvalue weighted by Crippen LogP contribution is -1.89. The molecule has 1 aromatic heterocycles. The fraction of sp³-hybridized carbons (Fsp3) is 0. The van der Waals surface area contributed by atoms with Gasteiger partial charge in [0.1, 0.15) is 11.6 Å². The third kappa shape index (κ3) is 1.52. The Morgan fingerprint density at radius 2 is 1.86 bits per heavy atom. The van der Waals surface area contributed by atoms with Crippen molar-refractivity contribution in [3.8, 4) is 16.9 Å². The summed E-state index contributed by atoms with van der Waals surface area (Å²) in [6.45, 7) is 0. The van der Waals surface area contributed by atoms with Crippen LogP contribution in [0.15, 0.2) is 30.6 Å². The fourth-order valence-electron chi connectivity index (χ4n) is 1.11. The molecule has 0 spiro atoms. The summed E-state index contributed by atoms with van der Waals surface area (Å²) in [5.41, 5.74) is 0.737. The van der Waals surface area contributed by atoms with E-state index in [0.717, 1.165) is 0 Å². The van der Waals surface area contributed by atoms with E-state index in [2.05, 4.69) is 15.4 Å². The molecule has 1 heterocycles. The van der Waals surface area contributed by atoms with Gasteiger partial charge in [-0.3, -0.25) is 0 Å². The van der Waals surface area contributed by atoms with Gasteiger partial charge in [-0.05, 0) is 23.4 Å². The Hall–Kier alpha value is -2.04. The summed E-state index contributed by atoms with van der Waals surface area (Å²) in [7, 11) is 0. The van der Waals surface area contributed by atoms with Gasteiger partial charge in [-0.15, -0.1) is 10.2 Å². The molecule has 0 aliphatic heterocycles. The van der Waals surface area contributed by atoms with E-state index in [1.165, 1.54) is 30.6 Å². The van der Waals surface area contributed by atoms with Crippen LogP contribution in [-0.2, 0) is 0 Å². The largest absolute Gasteiger partial charge is 0.508 e. The summed E-state index contributed by atoms with van der Waals surface area (Å²) in [4.78, 5) is 0. The van der Waals surface area contributed by atoms with E-state index in [1.807, 2.05) is 0 Å². The standard InChI is InChI=1S/C9H6FN3O/c10-9-2-1-7(14)3-8(9)6-4-11-13-12-5-6/h1-5,14H. The molecule has 0 fully saturated rings. The number of nitrogens with zero attached hydrogens (tertiary/aromatic N) is 3. The number of phenols is 1. The van der Waals surface area contributed by atoms with E-state index in [1.54, 1.807) is 0 Å². The molecule has 5 heteroatoms. The van der Waals surface area contributed by atoms with Crippen LogP contribution in [0.3, 0.4) is 0 Å². The molecule has 1 aromatic carbocycles. The summed E-state index contributed by atoms with van der Waals surface area (Å²) in [6, 6.07) is 3.78. The maximum atomic E-state index is 13.3. The molecule has 0 unspecified atom stereocenters. The van der Waals surface area contributed by atoms with E-state index < -0.39 is 5.82 Å². The van der Waals surface area contributed by atoms with Gasteiger partial charge in [0.25, 0.3) is 0 Å². The van der Waals surface area contributed by atoms with Crippen molar-refractivity contribution in [2.45, 2.75) is 0 Å². The number of rotatable bonds is 1. The molecular weight excluding hydrogens is 185 g/mol. The molecule has 14 heavy (non-hydrogen) atoms. The summed E-state index contributed by atoms with van der Waals surface area (Å²) < 4.78 is 13.3. The zero-order valence-electron chi connectivity index (χ0n) is 7.05. The zero-order valence-corrected chi connectivity index (χ0v) is 7.05. The highest BCUT2D eigenvalue weighted by Crippen LogP contribution is 2.24. The molecular formula is C9H6FN3O. The van der Waals surface area contributed by atoms with Crippen LogP contribution in [0, 0.1) is 5.82 Å². The minimum absolute atomic E-state index is 0.00166. The fourth-order valence-corrected chi connectivity index (χ4v) is 1.11. The van der Waals surface area contributed by atoms with E-state index in [-0.39, 0.29) is 11.3 Å². The Kier molecular flexibility index (Phi) is 2.06. The topological polar surface area (TPSA) is 58.9 Å². The van der Waals surface area contributed by atoms with Crippen molar-refractivity contribution in [2.24, 2.45) is 0 Å². The van der Waals surface area contributed by atoms with Gasteiger partial charge < -0.3 is 5.11 Å². The van der Waals surface area contributed by atoms with Crippen LogP contribution < -0.4 is 0 Å². The van der Waals surface area contributed by atoms with Gasteiger partial charge in [0.2, 0.25) is 0 Å². The number of aromatic nitrogens is 3. The van der Waals surface area contributed by atoms with E-state index in [9.17, 15) is 9.50 Å². The molecule has 0 amide bonds. The minimum atomic E-state index is -0.433. The first-order valence-electron chi connectivity index (χ1n) is 3.89. The van der Waals surface area contributed by atoms with Gasteiger partial charge in [-0.25, -0.2) is 4.39 Å². The first-order valence-corrected chi connectivity index (χ1v) is 3.89. The quantitative estimate of drug-likeness (QED) is 0.739. The molecule has 0 saturated heterocycles. The third-order valence-electron chi connectivity index (χ3n) is 1.76. The van der Waals surface area contributed by atoms with E-state index in [4.69, 9.17) is 0 Å². The Balaban J connectivity index is 2.57. The van der Waals surface area contributed by atoms with E-state index in [0.29, 0.717) is 5.56 Å². The van der Waals surface area contributed by atoms with Crippen molar-refractivity contribution < 1.29 is 9.50 Å². The molecule has 1 N–H and O–H groups in total. The molecule has 70 valence electrons. The normalized spacial score (nSPS) is 10.1. The SMILES string of the molecule is Oc1ccc(F)c(-c2cnnnc2)c1. The van der Waals surface area contributed by atoms with Crippen molar-refractivity contribution in [3.63, 3.8) is 0 Å². The Morgan fingerprint density at radius 3 is 2.57 bits per heavy atom. The molecule has 0 aliphatic carbocycles. The van der Waals surface area contributed by atoms with Crippen molar-refractivity contribution >= 4 is 0 Å². The molecule has 2 aromatic rings. The second kappa shape index (κ2) is 3.37. The first kappa shape index (κ1) is 8.55. The summed E-state index contributed by atoms with van der Waals surface area (Å²) in [5.74, 6) is -0.434. The van der Waals surface area contributed by atoms with Gasteiger partial charge in [-0.1, -0.05) is 0 Å². The third-order valence-corrected chi connectivity index (χ3v) is 1.76. The lowest BCUT2D eigenvalue weighted by Gasteiger charge is -2.01. The van der Waals surface area contributed by atoms with Crippen molar-refractivity contribution in [3.05, 3.63) is 36.4 Å². The van der Waals surface area contributed by atoms with Crippen LogP contribution >= 0.6 is 0 Å². The number of aromatic hydroxyl groups is 1. The highest BCUT2D eigenvalue weighted by molar-refractivity contribution is 5.63. The summed E-state index contributed by atoms with van der Waals surface area (Å²) in [5, 5.41) is 19.6. The highest BCUT2D eigenvalue weighted by atomic mass is 19.1. The predicted octanol–water partition coefficient (Wildman–Crippen LogP) is 1.38. The summed E-state index contributed by atoms with van der Waals surface area (Å²) in [6.07, 6.45) is 2.76. The minimum Gasteiger partial charge on any atom is -0.508 e. The number of phenolic OH excluding ortho intramolecular Hbond substituents is 1. The van der Waals surface area contributed by atoms with Gasteiger partial charge >= 0.3 is 0 Å². The van der Waals surface area contributed by atoms with Crippen molar-refractivity contribution in [1.29, 1.82) is 0 Å². The molecule has 0 radical (unpaired) electrons. The maximum Gasteiger partial charge on any atom is 0.131 e. The lowest BCUT2D eigenvalue weighted by molar-refractivity contribution is 0.473. The molecule has 0 atom stereocenters. The number of hydrogen-bond acceptors (Lipinski definition) is 4. The Labute approximate surface area is 79.0 Å².